The van der Waals surface area contributed by atoms with E-state index in [1.807, 2.05) is 0 Å². The van der Waals surface area contributed by atoms with E-state index in [1.165, 1.54) is 44.1 Å². The van der Waals surface area contributed by atoms with Crippen LogP contribution in [-0.2, 0) is 5.41 Å². The highest BCUT2D eigenvalue weighted by Crippen LogP contribution is 2.51. The Labute approximate surface area is 261 Å². The molecule has 0 saturated heterocycles. The van der Waals surface area contributed by atoms with Crippen LogP contribution in [0.5, 0.6) is 0 Å². The summed E-state index contributed by atoms with van der Waals surface area (Å²) in [4.78, 5) is 2.36. The third-order valence-corrected chi connectivity index (χ3v) is 9.10. The third-order valence-electron chi connectivity index (χ3n) is 9.10. The predicted molar refractivity (Wildman–Crippen MR) is 189 cm³/mol. The van der Waals surface area contributed by atoms with Crippen LogP contribution in [0.3, 0.4) is 0 Å². The van der Waals surface area contributed by atoms with E-state index in [1.54, 1.807) is 0 Å². The number of allylic oxidation sites excluding steroid dienone is 10. The van der Waals surface area contributed by atoms with Crippen molar-refractivity contribution in [2.75, 3.05) is 4.90 Å². The van der Waals surface area contributed by atoms with Crippen molar-refractivity contribution in [2.45, 2.75) is 39.0 Å². The van der Waals surface area contributed by atoms with Crippen molar-refractivity contribution in [1.29, 1.82) is 0 Å². The van der Waals surface area contributed by atoms with Crippen LogP contribution < -0.4 is 4.90 Å². The Morgan fingerprint density at radius 3 is 2.23 bits per heavy atom. The second-order valence-electron chi connectivity index (χ2n) is 12.2. The summed E-state index contributed by atoms with van der Waals surface area (Å²) in [5.74, 6) is 0. The summed E-state index contributed by atoms with van der Waals surface area (Å²) in [7, 11) is 0. The fraction of sp³-hybridized carbons (Fsp3) is 0.143. The summed E-state index contributed by atoms with van der Waals surface area (Å²) in [5, 5.41) is 2.49. The largest absolute Gasteiger partial charge is 0.315 e. The summed E-state index contributed by atoms with van der Waals surface area (Å²) >= 11 is 0. The van der Waals surface area contributed by atoms with Crippen molar-refractivity contribution in [3.05, 3.63) is 174 Å². The maximum absolute atomic E-state index is 4.87. The van der Waals surface area contributed by atoms with Crippen molar-refractivity contribution < 1.29 is 0 Å². The van der Waals surface area contributed by atoms with Gasteiger partial charge in [-0.2, -0.15) is 0 Å². The Hall–Kier alpha value is -5.08. The smallest absolute Gasteiger partial charge is 0.0561 e. The van der Waals surface area contributed by atoms with E-state index in [2.05, 4.69) is 170 Å². The van der Waals surface area contributed by atoms with Crippen LogP contribution in [0.25, 0.3) is 33.1 Å². The van der Waals surface area contributed by atoms with E-state index in [0.717, 1.165) is 35.6 Å². The van der Waals surface area contributed by atoms with E-state index in [-0.39, 0.29) is 5.41 Å². The molecular weight excluding hydrogens is 532 g/mol. The van der Waals surface area contributed by atoms with Crippen molar-refractivity contribution in [3.8, 4) is 5.69 Å². The average molecular weight is 571 g/mol. The van der Waals surface area contributed by atoms with Crippen LogP contribution >= 0.6 is 0 Å². The monoisotopic (exact) mass is 570 g/mol. The highest BCUT2D eigenvalue weighted by atomic mass is 15.2. The van der Waals surface area contributed by atoms with Gasteiger partial charge in [0, 0.05) is 39.0 Å². The molecule has 0 saturated carbocycles. The number of anilines is 1. The van der Waals surface area contributed by atoms with Gasteiger partial charge in [0.1, 0.15) is 0 Å². The summed E-state index contributed by atoms with van der Waals surface area (Å²) < 4.78 is 2.38. The van der Waals surface area contributed by atoms with Crippen molar-refractivity contribution >= 4 is 33.1 Å². The summed E-state index contributed by atoms with van der Waals surface area (Å²) in [5.41, 5.74) is 11.7. The molecule has 2 heterocycles. The van der Waals surface area contributed by atoms with E-state index in [4.69, 9.17) is 6.58 Å². The van der Waals surface area contributed by atoms with Crippen LogP contribution in [0, 0.1) is 0 Å². The predicted octanol–water partition coefficient (Wildman–Crippen LogP) is 11.2. The number of aromatic nitrogens is 1. The molecule has 216 valence electrons. The molecular formula is C42H38N2. The minimum atomic E-state index is -0.211. The van der Waals surface area contributed by atoms with Gasteiger partial charge in [-0.1, -0.05) is 124 Å². The molecule has 2 heteroatoms. The standard InChI is InChI=1S/C42H38N2/c1-30-19-11-8-6-5-7-9-14-24-37-34-22-15-17-25-38(34)42(3,4)41(37)31(2)43(30)33-27-28-36-35-23-16-18-26-39(35)44(40(36)29-33)32-20-12-10-13-21-32/h5,7-8,10-29H,2,6,9H2,1,3-4H3/b7-5?,11-8-,24-14-,30-19+. The number of benzene rings is 4. The highest BCUT2D eigenvalue weighted by molar-refractivity contribution is 6.10. The van der Waals surface area contributed by atoms with Crippen LogP contribution in [0.2, 0.25) is 0 Å². The molecule has 1 aromatic heterocycles. The molecule has 0 radical (unpaired) electrons. The SMILES string of the molecule is C=C1C2=C(/C=C\CC=CC/C=C\C=C(/C)N1c1ccc3c4ccccc4n(-c4ccccc4)c3c1)c1ccccc1C2(C)C. The van der Waals surface area contributed by atoms with Crippen LogP contribution in [0.15, 0.2) is 163 Å². The van der Waals surface area contributed by atoms with Gasteiger partial charge in [-0.3, -0.25) is 0 Å². The molecule has 7 rings (SSSR count). The van der Waals surface area contributed by atoms with Crippen molar-refractivity contribution in [3.63, 3.8) is 0 Å². The number of rotatable bonds is 2. The Kier molecular flexibility index (Phi) is 7.06. The lowest BCUT2D eigenvalue weighted by Crippen LogP contribution is -2.28. The van der Waals surface area contributed by atoms with Gasteiger partial charge in [0.25, 0.3) is 0 Å². The first-order valence-corrected chi connectivity index (χ1v) is 15.5. The summed E-state index contributed by atoms with van der Waals surface area (Å²) in [6, 6.07) is 35.1. The fourth-order valence-corrected chi connectivity index (χ4v) is 7.09. The van der Waals surface area contributed by atoms with Gasteiger partial charge in [-0.25, -0.2) is 0 Å². The molecule has 2 aliphatic rings. The molecule has 0 unspecified atom stereocenters. The van der Waals surface area contributed by atoms with Crippen LogP contribution in [-0.4, -0.2) is 4.57 Å². The number of nitrogens with zero attached hydrogens (tertiary/aromatic N) is 2. The van der Waals surface area contributed by atoms with E-state index < -0.39 is 0 Å². The molecule has 0 amide bonds. The lowest BCUT2D eigenvalue weighted by Gasteiger charge is -2.34. The molecule has 5 aromatic rings. The van der Waals surface area contributed by atoms with E-state index >= 15 is 0 Å². The van der Waals surface area contributed by atoms with Crippen molar-refractivity contribution in [1.82, 2.24) is 4.57 Å². The second-order valence-corrected chi connectivity index (χ2v) is 12.2. The minimum absolute atomic E-state index is 0.211. The van der Waals surface area contributed by atoms with Crippen LogP contribution in [0.4, 0.5) is 5.69 Å². The quantitative estimate of drug-likeness (QED) is 0.192. The third kappa shape index (κ3) is 4.59. The zero-order valence-electron chi connectivity index (χ0n) is 25.8. The molecule has 0 spiro atoms. The van der Waals surface area contributed by atoms with E-state index in [9.17, 15) is 0 Å². The maximum atomic E-state index is 4.87. The van der Waals surface area contributed by atoms with Gasteiger partial charge in [-0.15, -0.1) is 0 Å². The number of fused-ring (bicyclic) bond motifs is 5. The van der Waals surface area contributed by atoms with Gasteiger partial charge in [0.15, 0.2) is 0 Å². The topological polar surface area (TPSA) is 8.17 Å². The van der Waals surface area contributed by atoms with Gasteiger partial charge in [-0.05, 0) is 78.4 Å². The zero-order chi connectivity index (χ0) is 30.3. The van der Waals surface area contributed by atoms with Gasteiger partial charge in [0.05, 0.1) is 11.0 Å². The molecule has 1 aliphatic carbocycles. The number of hydrogen-bond acceptors (Lipinski definition) is 1. The highest BCUT2D eigenvalue weighted by Gasteiger charge is 2.39. The van der Waals surface area contributed by atoms with Crippen molar-refractivity contribution in [2.24, 2.45) is 0 Å². The Balaban J connectivity index is 1.48. The first-order valence-electron chi connectivity index (χ1n) is 15.5. The lowest BCUT2D eigenvalue weighted by molar-refractivity contribution is 0.642. The Morgan fingerprint density at radius 2 is 1.39 bits per heavy atom. The maximum Gasteiger partial charge on any atom is 0.0561 e. The molecule has 1 aliphatic heterocycles. The first kappa shape index (κ1) is 27.7. The molecule has 4 aromatic carbocycles. The molecule has 0 fully saturated rings. The van der Waals surface area contributed by atoms with Gasteiger partial charge >= 0.3 is 0 Å². The Bertz CT molecular complexity index is 2060. The molecule has 2 nitrogen and oxygen atoms in total. The van der Waals surface area contributed by atoms with Gasteiger partial charge < -0.3 is 9.47 Å². The minimum Gasteiger partial charge on any atom is -0.315 e. The molecule has 44 heavy (non-hydrogen) atoms. The zero-order valence-corrected chi connectivity index (χ0v) is 25.8. The summed E-state index contributed by atoms with van der Waals surface area (Å²) in [6.07, 6.45) is 17.5. The lowest BCUT2D eigenvalue weighted by atomic mass is 9.79. The number of hydrogen-bond donors (Lipinski definition) is 0. The Morgan fingerprint density at radius 1 is 0.682 bits per heavy atom. The molecule has 0 N–H and O–H groups in total. The second kappa shape index (κ2) is 11.2. The number of para-hydroxylation sites is 2. The normalized spacial score (nSPS) is 19.4. The molecule has 0 atom stereocenters. The molecule has 0 bridgehead atoms. The average Bonchev–Trinajstić information content (AvgIpc) is 3.48. The van der Waals surface area contributed by atoms with Gasteiger partial charge in [0.2, 0.25) is 0 Å². The summed E-state index contributed by atoms with van der Waals surface area (Å²) in [6.45, 7) is 11.7. The first-order chi connectivity index (χ1) is 21.5. The van der Waals surface area contributed by atoms with Crippen LogP contribution in [0.1, 0.15) is 44.7 Å². The van der Waals surface area contributed by atoms with E-state index in [0.29, 0.717) is 0 Å². The fourth-order valence-electron chi connectivity index (χ4n) is 7.09.